The standard InChI is InChI=1S/C21H26N6O3S/c1-25(2)18-7-5-17(6-8-18)14-26(15-20-4-3-13-30-20)31(28,29)21-11-9-19(10-12-21)27-16-22-23-24-27/h5-12,16,20H,3-4,13-15H2,1-2H3. The number of tetrazole rings is 1. The van der Waals surface area contributed by atoms with E-state index in [0.717, 1.165) is 24.1 Å². The Hall–Kier alpha value is -2.82. The second-order valence-corrected chi connectivity index (χ2v) is 9.68. The predicted octanol–water partition coefficient (Wildman–Crippen LogP) is 2.10. The van der Waals surface area contributed by atoms with Gasteiger partial charge < -0.3 is 9.64 Å². The second kappa shape index (κ2) is 9.13. The fourth-order valence-corrected chi connectivity index (χ4v) is 5.03. The van der Waals surface area contributed by atoms with Crippen molar-refractivity contribution in [2.24, 2.45) is 0 Å². The van der Waals surface area contributed by atoms with Gasteiger partial charge in [-0.3, -0.25) is 0 Å². The maximum atomic E-state index is 13.5. The average Bonchev–Trinajstić information content (AvgIpc) is 3.48. The third kappa shape index (κ3) is 4.92. The summed E-state index contributed by atoms with van der Waals surface area (Å²) in [5.41, 5.74) is 2.68. The van der Waals surface area contributed by atoms with Crippen molar-refractivity contribution in [1.82, 2.24) is 24.5 Å². The van der Waals surface area contributed by atoms with Crippen molar-refractivity contribution in [2.75, 3.05) is 32.1 Å². The second-order valence-electron chi connectivity index (χ2n) is 7.74. The molecule has 1 fully saturated rings. The highest BCUT2D eigenvalue weighted by molar-refractivity contribution is 7.89. The summed E-state index contributed by atoms with van der Waals surface area (Å²) in [6, 6.07) is 14.5. The van der Waals surface area contributed by atoms with Crippen LogP contribution in [0.4, 0.5) is 5.69 Å². The lowest BCUT2D eigenvalue weighted by Crippen LogP contribution is -2.37. The van der Waals surface area contributed by atoms with Crippen molar-refractivity contribution in [3.05, 3.63) is 60.4 Å². The van der Waals surface area contributed by atoms with Gasteiger partial charge in [0.05, 0.1) is 16.7 Å². The van der Waals surface area contributed by atoms with E-state index in [0.29, 0.717) is 18.8 Å². The number of anilines is 1. The molecule has 0 radical (unpaired) electrons. The fourth-order valence-electron chi connectivity index (χ4n) is 3.57. The van der Waals surface area contributed by atoms with Crippen LogP contribution in [-0.2, 0) is 21.3 Å². The van der Waals surface area contributed by atoms with Gasteiger partial charge in [0, 0.05) is 39.5 Å². The summed E-state index contributed by atoms with van der Waals surface area (Å²) in [7, 11) is 0.232. The summed E-state index contributed by atoms with van der Waals surface area (Å²) < 4.78 is 35.8. The highest BCUT2D eigenvalue weighted by Gasteiger charge is 2.29. The molecule has 10 heteroatoms. The van der Waals surface area contributed by atoms with Gasteiger partial charge in [-0.05, 0) is 65.2 Å². The lowest BCUT2D eigenvalue weighted by atomic mass is 10.2. The van der Waals surface area contributed by atoms with Crippen LogP contribution in [0.1, 0.15) is 18.4 Å². The van der Waals surface area contributed by atoms with Crippen molar-refractivity contribution in [2.45, 2.75) is 30.4 Å². The van der Waals surface area contributed by atoms with Gasteiger partial charge in [0.15, 0.2) is 0 Å². The third-order valence-corrected chi connectivity index (χ3v) is 7.16. The summed E-state index contributed by atoms with van der Waals surface area (Å²) in [5.74, 6) is 0. The molecule has 4 rings (SSSR count). The Morgan fingerprint density at radius 1 is 1.10 bits per heavy atom. The van der Waals surface area contributed by atoms with Crippen molar-refractivity contribution >= 4 is 15.7 Å². The Kier molecular flexibility index (Phi) is 6.30. The van der Waals surface area contributed by atoms with Crippen molar-refractivity contribution < 1.29 is 13.2 Å². The molecule has 1 aliphatic heterocycles. The first kappa shape index (κ1) is 21.4. The predicted molar refractivity (Wildman–Crippen MR) is 116 cm³/mol. The zero-order valence-electron chi connectivity index (χ0n) is 17.6. The molecule has 2 aromatic carbocycles. The topological polar surface area (TPSA) is 93.5 Å². The summed E-state index contributed by atoms with van der Waals surface area (Å²) in [4.78, 5) is 2.24. The van der Waals surface area contributed by atoms with Crippen LogP contribution in [0, 0.1) is 0 Å². The Balaban J connectivity index is 1.59. The van der Waals surface area contributed by atoms with Crippen LogP contribution >= 0.6 is 0 Å². The van der Waals surface area contributed by atoms with Gasteiger partial charge >= 0.3 is 0 Å². The van der Waals surface area contributed by atoms with Gasteiger partial charge in [-0.1, -0.05) is 12.1 Å². The van der Waals surface area contributed by atoms with E-state index in [4.69, 9.17) is 4.74 Å². The molecule has 1 atom stereocenters. The van der Waals surface area contributed by atoms with Crippen LogP contribution in [0.3, 0.4) is 0 Å². The Labute approximate surface area is 182 Å². The first-order valence-corrected chi connectivity index (χ1v) is 11.6. The minimum absolute atomic E-state index is 0.0867. The van der Waals surface area contributed by atoms with Crippen LogP contribution in [0.5, 0.6) is 0 Å². The van der Waals surface area contributed by atoms with E-state index < -0.39 is 10.0 Å². The molecule has 2 heterocycles. The number of ether oxygens (including phenoxy) is 1. The molecule has 9 nitrogen and oxygen atoms in total. The van der Waals surface area contributed by atoms with E-state index in [1.54, 1.807) is 24.3 Å². The molecule has 1 aliphatic rings. The number of nitrogens with zero attached hydrogens (tertiary/aromatic N) is 6. The first-order valence-electron chi connectivity index (χ1n) is 10.1. The summed E-state index contributed by atoms with van der Waals surface area (Å²) >= 11 is 0. The fraction of sp³-hybridized carbons (Fsp3) is 0.381. The van der Waals surface area contributed by atoms with Gasteiger partial charge in [0.2, 0.25) is 10.0 Å². The van der Waals surface area contributed by atoms with Gasteiger partial charge in [-0.2, -0.15) is 4.31 Å². The van der Waals surface area contributed by atoms with Gasteiger partial charge in [0.1, 0.15) is 6.33 Å². The highest BCUT2D eigenvalue weighted by Crippen LogP contribution is 2.24. The molecule has 3 aromatic rings. The van der Waals surface area contributed by atoms with E-state index in [1.807, 2.05) is 43.3 Å². The molecular formula is C21H26N6O3S. The van der Waals surface area contributed by atoms with E-state index in [2.05, 4.69) is 15.5 Å². The number of benzene rings is 2. The van der Waals surface area contributed by atoms with E-state index in [9.17, 15) is 8.42 Å². The van der Waals surface area contributed by atoms with Crippen LogP contribution in [0.15, 0.2) is 59.8 Å². The molecule has 0 saturated carbocycles. The minimum atomic E-state index is -3.72. The number of hydrogen-bond donors (Lipinski definition) is 0. The van der Waals surface area contributed by atoms with Crippen molar-refractivity contribution in [3.63, 3.8) is 0 Å². The normalized spacial score (nSPS) is 16.7. The number of aromatic nitrogens is 4. The maximum absolute atomic E-state index is 13.5. The number of rotatable bonds is 8. The lowest BCUT2D eigenvalue weighted by Gasteiger charge is -2.25. The van der Waals surface area contributed by atoms with E-state index in [1.165, 1.54) is 15.3 Å². The number of hydrogen-bond acceptors (Lipinski definition) is 7. The molecule has 0 spiro atoms. The molecule has 1 unspecified atom stereocenters. The maximum Gasteiger partial charge on any atom is 0.243 e. The molecule has 0 amide bonds. The zero-order valence-corrected chi connectivity index (χ0v) is 18.4. The van der Waals surface area contributed by atoms with Crippen molar-refractivity contribution in [3.8, 4) is 5.69 Å². The Bertz CT molecular complexity index is 1080. The SMILES string of the molecule is CN(C)c1ccc(CN(CC2CCCO2)S(=O)(=O)c2ccc(-n3cnnn3)cc2)cc1. The third-order valence-electron chi connectivity index (χ3n) is 5.33. The van der Waals surface area contributed by atoms with Crippen LogP contribution in [0.2, 0.25) is 0 Å². The van der Waals surface area contributed by atoms with Crippen LogP contribution < -0.4 is 4.90 Å². The average molecular weight is 443 g/mol. The molecule has 1 saturated heterocycles. The van der Waals surface area contributed by atoms with Crippen LogP contribution in [0.25, 0.3) is 5.69 Å². The van der Waals surface area contributed by atoms with Gasteiger partial charge in [-0.25, -0.2) is 13.1 Å². The molecule has 164 valence electrons. The molecule has 0 aliphatic carbocycles. The Morgan fingerprint density at radius 2 is 1.84 bits per heavy atom. The smallest absolute Gasteiger partial charge is 0.243 e. The zero-order chi connectivity index (χ0) is 21.8. The summed E-state index contributed by atoms with van der Waals surface area (Å²) in [6.45, 7) is 1.29. The van der Waals surface area contributed by atoms with Gasteiger partial charge in [-0.15, -0.1) is 5.10 Å². The lowest BCUT2D eigenvalue weighted by molar-refractivity contribution is 0.0926. The first-order chi connectivity index (χ1) is 14.9. The minimum Gasteiger partial charge on any atom is -0.378 e. The molecule has 0 bridgehead atoms. The molecule has 31 heavy (non-hydrogen) atoms. The molecule has 0 N–H and O–H groups in total. The molecule has 1 aromatic heterocycles. The highest BCUT2D eigenvalue weighted by atomic mass is 32.2. The molecular weight excluding hydrogens is 416 g/mol. The van der Waals surface area contributed by atoms with Crippen LogP contribution in [-0.4, -0.2) is 66.3 Å². The van der Waals surface area contributed by atoms with E-state index in [-0.39, 0.29) is 17.5 Å². The quantitative estimate of drug-likeness (QED) is 0.527. The monoisotopic (exact) mass is 442 g/mol. The summed E-state index contributed by atoms with van der Waals surface area (Å²) in [6.07, 6.45) is 3.20. The van der Waals surface area contributed by atoms with Gasteiger partial charge in [0.25, 0.3) is 0 Å². The number of sulfonamides is 1. The Morgan fingerprint density at radius 3 is 2.42 bits per heavy atom. The van der Waals surface area contributed by atoms with Crippen molar-refractivity contribution in [1.29, 1.82) is 0 Å². The summed E-state index contributed by atoms with van der Waals surface area (Å²) in [5, 5.41) is 11.0. The largest absolute Gasteiger partial charge is 0.378 e. The van der Waals surface area contributed by atoms with E-state index >= 15 is 0 Å².